The fourth-order valence-corrected chi connectivity index (χ4v) is 1.56. The molecule has 0 aliphatic heterocycles. The van der Waals surface area contributed by atoms with Crippen LogP contribution >= 0.6 is 0 Å². The van der Waals surface area contributed by atoms with E-state index < -0.39 is 0 Å². The van der Waals surface area contributed by atoms with Crippen molar-refractivity contribution in [3.63, 3.8) is 0 Å². The van der Waals surface area contributed by atoms with Crippen molar-refractivity contribution in [3.8, 4) is 11.5 Å². The normalized spacial score (nSPS) is 9.80. The van der Waals surface area contributed by atoms with Crippen LogP contribution < -0.4 is 25.8 Å². The van der Waals surface area contributed by atoms with Crippen LogP contribution in [0.5, 0.6) is 11.5 Å². The molecule has 0 spiro atoms. The number of ether oxygens (including phenoxy) is 2. The van der Waals surface area contributed by atoms with E-state index in [9.17, 15) is 9.59 Å². The van der Waals surface area contributed by atoms with Crippen LogP contribution in [0.3, 0.4) is 0 Å². The molecule has 0 saturated heterocycles. The number of nitrogens with two attached hydrogens (primary N) is 1. The van der Waals surface area contributed by atoms with Crippen LogP contribution in [0.25, 0.3) is 0 Å². The van der Waals surface area contributed by atoms with Crippen molar-refractivity contribution in [3.05, 3.63) is 17.7 Å². The number of hydrogen-bond donors (Lipinski definition) is 3. The summed E-state index contributed by atoms with van der Waals surface area (Å²) in [5, 5.41) is 5.08. The number of carbonyl (C=O) groups excluding carboxylic acids is 2. The molecular weight excluding hydrogens is 262 g/mol. The maximum atomic E-state index is 11.7. The standard InChI is InChI=1S/C13H19N3O4/c1-8-4-10(19-2)11(20-3)5-9(8)16-13(18)7-15-12(17)6-14/h4-5H,6-7,14H2,1-3H3,(H,15,17)(H,16,18). The van der Waals surface area contributed by atoms with Gasteiger partial charge in [0.1, 0.15) is 0 Å². The highest BCUT2D eigenvalue weighted by molar-refractivity contribution is 5.95. The van der Waals surface area contributed by atoms with Gasteiger partial charge in [-0.15, -0.1) is 0 Å². The Morgan fingerprint density at radius 1 is 1.15 bits per heavy atom. The second kappa shape index (κ2) is 7.34. The first-order valence-electron chi connectivity index (χ1n) is 6.01. The van der Waals surface area contributed by atoms with Crippen molar-refractivity contribution in [2.24, 2.45) is 5.73 Å². The highest BCUT2D eigenvalue weighted by Gasteiger charge is 2.11. The smallest absolute Gasteiger partial charge is 0.243 e. The molecule has 0 aliphatic rings. The molecule has 0 heterocycles. The number of amides is 2. The Kier molecular flexibility index (Phi) is 5.79. The third kappa shape index (κ3) is 4.13. The van der Waals surface area contributed by atoms with Gasteiger partial charge in [-0.1, -0.05) is 0 Å². The predicted molar refractivity (Wildman–Crippen MR) is 75.0 cm³/mol. The molecular formula is C13H19N3O4. The molecule has 1 aromatic carbocycles. The summed E-state index contributed by atoms with van der Waals surface area (Å²) in [7, 11) is 3.05. The minimum Gasteiger partial charge on any atom is -0.493 e. The molecule has 0 aliphatic carbocycles. The summed E-state index contributed by atoms with van der Waals surface area (Å²) in [5.41, 5.74) is 6.54. The van der Waals surface area contributed by atoms with Crippen LogP contribution in [-0.2, 0) is 9.59 Å². The zero-order valence-corrected chi connectivity index (χ0v) is 11.8. The minimum atomic E-state index is -0.385. The van der Waals surface area contributed by atoms with E-state index in [0.717, 1.165) is 5.56 Å². The third-order valence-electron chi connectivity index (χ3n) is 2.64. The molecule has 2 amide bonds. The first-order valence-corrected chi connectivity index (χ1v) is 6.01. The van der Waals surface area contributed by atoms with E-state index in [1.54, 1.807) is 12.1 Å². The van der Waals surface area contributed by atoms with E-state index >= 15 is 0 Å². The molecule has 20 heavy (non-hydrogen) atoms. The summed E-state index contributed by atoms with van der Waals surface area (Å²) >= 11 is 0. The van der Waals surface area contributed by atoms with Crippen molar-refractivity contribution < 1.29 is 19.1 Å². The molecule has 0 saturated carbocycles. The Morgan fingerprint density at radius 3 is 2.30 bits per heavy atom. The molecule has 0 bridgehead atoms. The lowest BCUT2D eigenvalue weighted by Crippen LogP contribution is -2.36. The van der Waals surface area contributed by atoms with Gasteiger partial charge < -0.3 is 25.8 Å². The SMILES string of the molecule is COc1cc(C)c(NC(=O)CNC(=O)CN)cc1OC. The van der Waals surface area contributed by atoms with Gasteiger partial charge in [-0.05, 0) is 18.6 Å². The summed E-state index contributed by atoms with van der Waals surface area (Å²) in [4.78, 5) is 22.7. The molecule has 110 valence electrons. The fourth-order valence-electron chi connectivity index (χ4n) is 1.56. The van der Waals surface area contributed by atoms with Crippen LogP contribution in [0.2, 0.25) is 0 Å². The molecule has 0 unspecified atom stereocenters. The van der Waals surface area contributed by atoms with E-state index in [1.165, 1.54) is 14.2 Å². The lowest BCUT2D eigenvalue weighted by Gasteiger charge is -2.13. The number of rotatable bonds is 6. The van der Waals surface area contributed by atoms with Crippen LogP contribution in [0.15, 0.2) is 12.1 Å². The Hall–Kier alpha value is -2.28. The van der Waals surface area contributed by atoms with E-state index in [1.807, 2.05) is 6.92 Å². The first kappa shape index (κ1) is 15.8. The number of methoxy groups -OCH3 is 2. The number of carbonyl (C=O) groups is 2. The lowest BCUT2D eigenvalue weighted by molar-refractivity contribution is -0.123. The molecule has 0 radical (unpaired) electrons. The molecule has 7 heteroatoms. The van der Waals surface area contributed by atoms with Gasteiger partial charge >= 0.3 is 0 Å². The predicted octanol–water partition coefficient (Wildman–Crippen LogP) is 0.0256. The number of benzene rings is 1. The summed E-state index contributed by atoms with van der Waals surface area (Å²) in [6.45, 7) is 1.54. The average molecular weight is 281 g/mol. The van der Waals surface area contributed by atoms with Crippen molar-refractivity contribution in [1.82, 2.24) is 5.32 Å². The van der Waals surface area contributed by atoms with Crippen molar-refractivity contribution in [2.75, 3.05) is 32.6 Å². The number of aryl methyl sites for hydroxylation is 1. The first-order chi connectivity index (χ1) is 9.51. The van der Waals surface area contributed by atoms with E-state index in [-0.39, 0.29) is 24.9 Å². The van der Waals surface area contributed by atoms with E-state index in [0.29, 0.717) is 17.2 Å². The topological polar surface area (TPSA) is 103 Å². The van der Waals surface area contributed by atoms with Gasteiger partial charge in [0.05, 0.1) is 27.3 Å². The van der Waals surface area contributed by atoms with Gasteiger partial charge in [0, 0.05) is 11.8 Å². The molecule has 1 aromatic rings. The Bertz CT molecular complexity index is 503. The Labute approximate surface area is 117 Å². The van der Waals surface area contributed by atoms with Gasteiger partial charge in [0.15, 0.2) is 11.5 Å². The second-order valence-corrected chi connectivity index (χ2v) is 4.05. The number of anilines is 1. The summed E-state index contributed by atoms with van der Waals surface area (Å²) in [5.74, 6) is 0.366. The van der Waals surface area contributed by atoms with Gasteiger partial charge in [0.25, 0.3) is 0 Å². The van der Waals surface area contributed by atoms with Crippen LogP contribution in [0.4, 0.5) is 5.69 Å². The maximum Gasteiger partial charge on any atom is 0.243 e. The fraction of sp³-hybridized carbons (Fsp3) is 0.385. The summed E-state index contributed by atoms with van der Waals surface area (Å²) in [6.07, 6.45) is 0. The van der Waals surface area contributed by atoms with Crippen LogP contribution in [-0.4, -0.2) is 39.1 Å². The maximum absolute atomic E-state index is 11.7. The van der Waals surface area contributed by atoms with Gasteiger partial charge in [-0.2, -0.15) is 0 Å². The minimum absolute atomic E-state index is 0.135. The molecule has 7 nitrogen and oxygen atoms in total. The molecule has 0 fully saturated rings. The van der Waals surface area contributed by atoms with Gasteiger partial charge in [-0.25, -0.2) is 0 Å². The monoisotopic (exact) mass is 281 g/mol. The van der Waals surface area contributed by atoms with Crippen molar-refractivity contribution in [1.29, 1.82) is 0 Å². The summed E-state index contributed by atoms with van der Waals surface area (Å²) < 4.78 is 10.3. The zero-order chi connectivity index (χ0) is 15.1. The summed E-state index contributed by atoms with van der Waals surface area (Å²) in [6, 6.07) is 3.42. The number of hydrogen-bond acceptors (Lipinski definition) is 5. The van der Waals surface area contributed by atoms with Crippen LogP contribution in [0.1, 0.15) is 5.56 Å². The second-order valence-electron chi connectivity index (χ2n) is 4.05. The Balaban J connectivity index is 2.77. The van der Waals surface area contributed by atoms with E-state index in [4.69, 9.17) is 15.2 Å². The van der Waals surface area contributed by atoms with Gasteiger partial charge in [0.2, 0.25) is 11.8 Å². The average Bonchev–Trinajstić information content (AvgIpc) is 2.46. The molecule has 1 rings (SSSR count). The molecule has 0 aromatic heterocycles. The highest BCUT2D eigenvalue weighted by Crippen LogP contribution is 2.32. The Morgan fingerprint density at radius 2 is 1.75 bits per heavy atom. The largest absolute Gasteiger partial charge is 0.493 e. The highest BCUT2D eigenvalue weighted by atomic mass is 16.5. The zero-order valence-electron chi connectivity index (χ0n) is 11.8. The molecule has 0 atom stereocenters. The number of nitrogens with one attached hydrogen (secondary N) is 2. The van der Waals surface area contributed by atoms with Crippen LogP contribution in [0, 0.1) is 6.92 Å². The van der Waals surface area contributed by atoms with Gasteiger partial charge in [-0.3, -0.25) is 9.59 Å². The van der Waals surface area contributed by atoms with E-state index in [2.05, 4.69) is 10.6 Å². The van der Waals surface area contributed by atoms with Crippen molar-refractivity contribution in [2.45, 2.75) is 6.92 Å². The third-order valence-corrected chi connectivity index (χ3v) is 2.64. The lowest BCUT2D eigenvalue weighted by atomic mass is 10.1. The molecule has 4 N–H and O–H groups in total. The van der Waals surface area contributed by atoms with Crippen molar-refractivity contribution >= 4 is 17.5 Å². The quantitative estimate of drug-likeness (QED) is 0.682.